The van der Waals surface area contributed by atoms with Crippen LogP contribution in [-0.4, -0.2) is 4.98 Å². The molecule has 0 unspecified atom stereocenters. The van der Waals surface area contributed by atoms with Gasteiger partial charge >= 0.3 is 0 Å². The van der Waals surface area contributed by atoms with Crippen molar-refractivity contribution < 1.29 is 0 Å². The lowest BCUT2D eigenvalue weighted by molar-refractivity contribution is 0.592. The Hall–Kier alpha value is -1.09. The third-order valence-electron chi connectivity index (χ3n) is 2.83. The van der Waals surface area contributed by atoms with Gasteiger partial charge in [-0.15, -0.1) is 0 Å². The van der Waals surface area contributed by atoms with Crippen molar-refractivity contribution in [3.05, 3.63) is 23.4 Å². The molecule has 1 aliphatic rings. The van der Waals surface area contributed by atoms with E-state index in [1.807, 2.05) is 19.1 Å². The summed E-state index contributed by atoms with van der Waals surface area (Å²) in [7, 11) is 0. The normalized spacial score (nSPS) is 18.1. The molecule has 0 aromatic carbocycles. The number of pyridine rings is 1. The molecule has 4 N–H and O–H groups in total. The summed E-state index contributed by atoms with van der Waals surface area (Å²) in [5.74, 6) is 1.42. The zero-order valence-electron chi connectivity index (χ0n) is 8.53. The first-order chi connectivity index (χ1) is 6.66. The lowest BCUT2D eigenvalue weighted by Crippen LogP contribution is -2.13. The van der Waals surface area contributed by atoms with Gasteiger partial charge < -0.3 is 11.5 Å². The van der Waals surface area contributed by atoms with E-state index in [1.54, 1.807) is 0 Å². The van der Waals surface area contributed by atoms with E-state index in [0.717, 1.165) is 23.6 Å². The minimum Gasteiger partial charge on any atom is -0.384 e. The molecule has 1 atom stereocenters. The molecule has 0 spiro atoms. The fraction of sp³-hybridized carbons (Fsp3) is 0.545. The van der Waals surface area contributed by atoms with Gasteiger partial charge in [0.25, 0.3) is 0 Å². The second kappa shape index (κ2) is 3.58. The number of anilines is 1. The summed E-state index contributed by atoms with van der Waals surface area (Å²) < 4.78 is 0. The molecule has 0 bridgehead atoms. The predicted octanol–water partition coefficient (Wildman–Crippen LogP) is 1.77. The summed E-state index contributed by atoms with van der Waals surface area (Å²) in [6.45, 7) is 1.97. The van der Waals surface area contributed by atoms with Crippen molar-refractivity contribution in [3.63, 3.8) is 0 Å². The number of nitrogens with zero attached hydrogens (tertiary/aromatic N) is 1. The van der Waals surface area contributed by atoms with Crippen molar-refractivity contribution in [3.8, 4) is 0 Å². The molecule has 3 nitrogen and oxygen atoms in total. The number of aryl methyl sites for hydroxylation is 1. The van der Waals surface area contributed by atoms with Crippen LogP contribution >= 0.6 is 0 Å². The van der Waals surface area contributed by atoms with Crippen LogP contribution in [0.5, 0.6) is 0 Å². The Bertz CT molecular complexity index is 331. The lowest BCUT2D eigenvalue weighted by Gasteiger charge is -2.13. The number of hydrogen-bond acceptors (Lipinski definition) is 3. The van der Waals surface area contributed by atoms with E-state index in [4.69, 9.17) is 11.5 Å². The minimum absolute atomic E-state index is 0.135. The fourth-order valence-corrected chi connectivity index (χ4v) is 1.82. The summed E-state index contributed by atoms with van der Waals surface area (Å²) >= 11 is 0. The smallest absolute Gasteiger partial charge is 0.123 e. The summed E-state index contributed by atoms with van der Waals surface area (Å²) in [6.07, 6.45) is 3.77. The average molecular weight is 191 g/mol. The number of nitrogens with two attached hydrogens (primary N) is 2. The van der Waals surface area contributed by atoms with Gasteiger partial charge in [-0.2, -0.15) is 0 Å². The van der Waals surface area contributed by atoms with E-state index < -0.39 is 0 Å². The Kier molecular flexibility index (Phi) is 2.42. The molecule has 2 rings (SSSR count). The van der Waals surface area contributed by atoms with E-state index in [9.17, 15) is 0 Å². The SMILES string of the molecule is Cc1nc(N)ccc1[C@H](N)CC1CC1. The molecule has 0 amide bonds. The molecule has 76 valence electrons. The maximum atomic E-state index is 6.11. The molecule has 0 radical (unpaired) electrons. The Morgan fingerprint density at radius 3 is 2.79 bits per heavy atom. The van der Waals surface area contributed by atoms with Crippen LogP contribution in [0.25, 0.3) is 0 Å². The number of nitrogen functional groups attached to an aromatic ring is 1. The standard InChI is InChI=1S/C11H17N3/c1-7-9(4-5-11(13)14-7)10(12)6-8-2-3-8/h4-5,8,10H,2-3,6,12H2,1H3,(H2,13,14)/t10-/m1/s1. The van der Waals surface area contributed by atoms with Gasteiger partial charge in [0, 0.05) is 11.7 Å². The van der Waals surface area contributed by atoms with Crippen molar-refractivity contribution in [1.29, 1.82) is 0 Å². The minimum atomic E-state index is 0.135. The summed E-state index contributed by atoms with van der Waals surface area (Å²) in [5, 5.41) is 0. The lowest BCUT2D eigenvalue weighted by atomic mass is 10.0. The van der Waals surface area contributed by atoms with Crippen LogP contribution in [0.2, 0.25) is 0 Å². The summed E-state index contributed by atoms with van der Waals surface area (Å²) in [4.78, 5) is 4.22. The molecular formula is C11H17N3. The van der Waals surface area contributed by atoms with E-state index >= 15 is 0 Å². The monoisotopic (exact) mass is 191 g/mol. The van der Waals surface area contributed by atoms with Crippen LogP contribution < -0.4 is 11.5 Å². The van der Waals surface area contributed by atoms with E-state index in [2.05, 4.69) is 4.98 Å². The van der Waals surface area contributed by atoms with Crippen LogP contribution in [0, 0.1) is 12.8 Å². The van der Waals surface area contributed by atoms with Gasteiger partial charge in [-0.25, -0.2) is 4.98 Å². The molecule has 0 saturated heterocycles. The molecule has 1 heterocycles. The summed E-state index contributed by atoms with van der Waals surface area (Å²) in [6, 6.07) is 3.97. The molecule has 0 aliphatic heterocycles. The van der Waals surface area contributed by atoms with E-state index in [-0.39, 0.29) is 6.04 Å². The molecule has 1 aromatic rings. The van der Waals surface area contributed by atoms with Crippen molar-refractivity contribution in [1.82, 2.24) is 4.98 Å². The molecule has 1 fully saturated rings. The van der Waals surface area contributed by atoms with Gasteiger partial charge in [0.2, 0.25) is 0 Å². The number of aromatic nitrogens is 1. The molecule has 1 aromatic heterocycles. The van der Waals surface area contributed by atoms with Gasteiger partial charge in [-0.3, -0.25) is 0 Å². The zero-order valence-corrected chi connectivity index (χ0v) is 8.53. The average Bonchev–Trinajstić information content (AvgIpc) is 2.87. The second-order valence-corrected chi connectivity index (χ2v) is 4.20. The molecule has 14 heavy (non-hydrogen) atoms. The first kappa shape index (κ1) is 9.46. The summed E-state index contributed by atoms with van der Waals surface area (Å²) in [5.41, 5.74) is 13.8. The highest BCUT2D eigenvalue weighted by Crippen LogP contribution is 2.37. The Labute approximate surface area is 84.5 Å². The third kappa shape index (κ3) is 2.04. The Morgan fingerprint density at radius 1 is 1.50 bits per heavy atom. The highest BCUT2D eigenvalue weighted by atomic mass is 14.8. The zero-order chi connectivity index (χ0) is 10.1. The number of rotatable bonds is 3. The molecule has 1 saturated carbocycles. The van der Waals surface area contributed by atoms with E-state index in [0.29, 0.717) is 5.82 Å². The van der Waals surface area contributed by atoms with Gasteiger partial charge in [-0.05, 0) is 30.9 Å². The van der Waals surface area contributed by atoms with Crippen molar-refractivity contribution in [2.24, 2.45) is 11.7 Å². The Morgan fingerprint density at radius 2 is 2.21 bits per heavy atom. The van der Waals surface area contributed by atoms with Crippen molar-refractivity contribution >= 4 is 5.82 Å². The molecule has 1 aliphatic carbocycles. The Balaban J connectivity index is 2.13. The highest BCUT2D eigenvalue weighted by Gasteiger charge is 2.25. The van der Waals surface area contributed by atoms with Crippen molar-refractivity contribution in [2.75, 3.05) is 5.73 Å². The van der Waals surface area contributed by atoms with Gasteiger partial charge in [0.05, 0.1) is 0 Å². The molecular weight excluding hydrogens is 174 g/mol. The van der Waals surface area contributed by atoms with Gasteiger partial charge in [0.1, 0.15) is 5.82 Å². The third-order valence-corrected chi connectivity index (χ3v) is 2.83. The van der Waals surface area contributed by atoms with Crippen molar-refractivity contribution in [2.45, 2.75) is 32.2 Å². The maximum absolute atomic E-state index is 6.11. The van der Waals surface area contributed by atoms with Crippen LogP contribution in [0.4, 0.5) is 5.82 Å². The first-order valence-electron chi connectivity index (χ1n) is 5.15. The first-order valence-corrected chi connectivity index (χ1v) is 5.15. The second-order valence-electron chi connectivity index (χ2n) is 4.20. The van der Waals surface area contributed by atoms with Gasteiger partial charge in [0.15, 0.2) is 0 Å². The number of hydrogen-bond donors (Lipinski definition) is 2. The van der Waals surface area contributed by atoms with Crippen LogP contribution in [0.1, 0.15) is 36.6 Å². The fourth-order valence-electron chi connectivity index (χ4n) is 1.82. The molecule has 3 heteroatoms. The predicted molar refractivity (Wildman–Crippen MR) is 57.7 cm³/mol. The highest BCUT2D eigenvalue weighted by molar-refractivity contribution is 5.35. The van der Waals surface area contributed by atoms with Gasteiger partial charge in [-0.1, -0.05) is 18.9 Å². The topological polar surface area (TPSA) is 64.9 Å². The maximum Gasteiger partial charge on any atom is 0.123 e. The van der Waals surface area contributed by atoms with Crippen LogP contribution in [0.3, 0.4) is 0 Å². The largest absolute Gasteiger partial charge is 0.384 e. The quantitative estimate of drug-likeness (QED) is 0.765. The van der Waals surface area contributed by atoms with Crippen LogP contribution in [0.15, 0.2) is 12.1 Å². The van der Waals surface area contributed by atoms with E-state index in [1.165, 1.54) is 12.8 Å². The van der Waals surface area contributed by atoms with Crippen LogP contribution in [-0.2, 0) is 0 Å².